The Kier molecular flexibility index (Phi) is 4.97. The van der Waals surface area contributed by atoms with Crippen LogP contribution < -0.4 is 0 Å². The second-order valence-corrected chi connectivity index (χ2v) is 6.99. The van der Waals surface area contributed by atoms with Crippen LogP contribution in [0.4, 0.5) is 0 Å². The minimum atomic E-state index is -0.973. The lowest BCUT2D eigenvalue weighted by molar-refractivity contribution is -0.138. The van der Waals surface area contributed by atoms with Gasteiger partial charge in [0.05, 0.1) is 17.5 Å². The Hall–Kier alpha value is -2.11. The lowest BCUT2D eigenvalue weighted by Crippen LogP contribution is -2.37. The van der Waals surface area contributed by atoms with Gasteiger partial charge in [-0.3, -0.25) is 19.3 Å². The van der Waals surface area contributed by atoms with Crippen molar-refractivity contribution in [2.24, 2.45) is 11.8 Å². The SMILES string of the molecule is O=C(O)CC(CN1C(=O)c2ccc(Cl)cc2C1=O)C1C=CC(Cl)=CC1. The molecule has 7 heteroatoms. The van der Waals surface area contributed by atoms with Crippen molar-refractivity contribution in [3.05, 3.63) is 57.6 Å². The first-order valence-corrected chi connectivity index (χ1v) is 8.54. The summed E-state index contributed by atoms with van der Waals surface area (Å²) in [6, 6.07) is 4.54. The molecule has 25 heavy (non-hydrogen) atoms. The van der Waals surface area contributed by atoms with Gasteiger partial charge in [0.1, 0.15) is 0 Å². The van der Waals surface area contributed by atoms with Crippen molar-refractivity contribution in [2.75, 3.05) is 6.54 Å². The summed E-state index contributed by atoms with van der Waals surface area (Å²) in [5, 5.41) is 10.2. The largest absolute Gasteiger partial charge is 0.481 e. The molecule has 0 aromatic heterocycles. The first kappa shape index (κ1) is 17.7. The monoisotopic (exact) mass is 379 g/mol. The van der Waals surface area contributed by atoms with Crippen LogP contribution >= 0.6 is 23.2 Å². The Balaban J connectivity index is 1.83. The Morgan fingerprint density at radius 2 is 1.96 bits per heavy atom. The fourth-order valence-corrected chi connectivity index (χ4v) is 3.53. The summed E-state index contributed by atoms with van der Waals surface area (Å²) >= 11 is 11.8. The van der Waals surface area contributed by atoms with Crippen molar-refractivity contribution >= 4 is 41.0 Å². The molecule has 1 N–H and O–H groups in total. The highest BCUT2D eigenvalue weighted by molar-refractivity contribution is 6.32. The molecular formula is C18H15Cl2NO4. The van der Waals surface area contributed by atoms with Crippen LogP contribution in [0.15, 0.2) is 41.5 Å². The summed E-state index contributed by atoms with van der Waals surface area (Å²) in [6.45, 7) is 0.0384. The molecule has 1 aromatic carbocycles. The smallest absolute Gasteiger partial charge is 0.303 e. The average Bonchev–Trinajstić information content (AvgIpc) is 2.79. The van der Waals surface area contributed by atoms with Gasteiger partial charge in [0.15, 0.2) is 0 Å². The van der Waals surface area contributed by atoms with Crippen molar-refractivity contribution in [1.82, 2.24) is 4.90 Å². The molecule has 2 unspecified atom stereocenters. The Labute approximate surface area is 154 Å². The molecular weight excluding hydrogens is 365 g/mol. The minimum Gasteiger partial charge on any atom is -0.481 e. The highest BCUT2D eigenvalue weighted by Gasteiger charge is 2.38. The predicted molar refractivity (Wildman–Crippen MR) is 93.7 cm³/mol. The maximum absolute atomic E-state index is 12.6. The second kappa shape index (κ2) is 7.02. The first-order valence-electron chi connectivity index (χ1n) is 7.78. The average molecular weight is 380 g/mol. The lowest BCUT2D eigenvalue weighted by atomic mass is 9.84. The molecule has 0 radical (unpaired) electrons. The van der Waals surface area contributed by atoms with E-state index in [2.05, 4.69) is 0 Å². The number of carboxylic acid groups (broad SMARTS) is 1. The van der Waals surface area contributed by atoms with Crippen LogP contribution in [0.25, 0.3) is 0 Å². The van der Waals surface area contributed by atoms with Gasteiger partial charge in [-0.05, 0) is 42.5 Å². The maximum atomic E-state index is 12.6. The van der Waals surface area contributed by atoms with E-state index in [-0.39, 0.29) is 24.4 Å². The highest BCUT2D eigenvalue weighted by atomic mass is 35.5. The molecule has 1 aliphatic heterocycles. The van der Waals surface area contributed by atoms with Gasteiger partial charge in [0.25, 0.3) is 11.8 Å². The van der Waals surface area contributed by atoms with E-state index in [4.69, 9.17) is 23.2 Å². The number of carboxylic acids is 1. The zero-order chi connectivity index (χ0) is 18.1. The summed E-state index contributed by atoms with van der Waals surface area (Å²) in [6.07, 6.45) is 5.79. The second-order valence-electron chi connectivity index (χ2n) is 6.12. The molecule has 5 nitrogen and oxygen atoms in total. The first-order chi connectivity index (χ1) is 11.9. The van der Waals surface area contributed by atoms with Crippen molar-refractivity contribution < 1.29 is 19.5 Å². The van der Waals surface area contributed by atoms with Gasteiger partial charge in [-0.2, -0.15) is 0 Å². The van der Waals surface area contributed by atoms with Crippen LogP contribution in [0.1, 0.15) is 33.6 Å². The third-order valence-corrected chi connectivity index (χ3v) is 5.00. The number of amides is 2. The van der Waals surface area contributed by atoms with Crippen LogP contribution in [-0.4, -0.2) is 34.3 Å². The molecule has 0 saturated heterocycles. The topological polar surface area (TPSA) is 74.7 Å². The van der Waals surface area contributed by atoms with Gasteiger partial charge in [-0.1, -0.05) is 35.4 Å². The van der Waals surface area contributed by atoms with Crippen molar-refractivity contribution in [3.8, 4) is 0 Å². The summed E-state index contributed by atoms with van der Waals surface area (Å²) in [5.74, 6) is -2.33. The number of carbonyl (C=O) groups is 3. The number of halogens is 2. The van der Waals surface area contributed by atoms with Gasteiger partial charge in [-0.15, -0.1) is 0 Å². The number of nitrogens with zero attached hydrogens (tertiary/aromatic N) is 1. The van der Waals surface area contributed by atoms with E-state index in [0.29, 0.717) is 22.0 Å². The molecule has 1 aromatic rings. The third-order valence-electron chi connectivity index (χ3n) is 4.48. The van der Waals surface area contributed by atoms with E-state index in [1.165, 1.54) is 12.1 Å². The lowest BCUT2D eigenvalue weighted by Gasteiger charge is -2.27. The third kappa shape index (κ3) is 3.62. The molecule has 1 aliphatic carbocycles. The fourth-order valence-electron chi connectivity index (χ4n) is 3.20. The van der Waals surface area contributed by atoms with Gasteiger partial charge in [-0.25, -0.2) is 0 Å². The molecule has 0 spiro atoms. The van der Waals surface area contributed by atoms with Crippen molar-refractivity contribution in [1.29, 1.82) is 0 Å². The summed E-state index contributed by atoms with van der Waals surface area (Å²) in [5.41, 5.74) is 0.555. The Morgan fingerprint density at radius 3 is 2.60 bits per heavy atom. The zero-order valence-corrected chi connectivity index (χ0v) is 14.6. The standard InChI is InChI=1S/C18H15Cl2NO4/c19-12-3-1-10(2-4-12)11(7-16(22)23)9-21-17(24)14-6-5-13(20)8-15(14)18(21)25/h1,3-6,8,10-11H,2,7,9H2,(H,22,23). The number of aliphatic carboxylic acids is 1. The van der Waals surface area contributed by atoms with Gasteiger partial charge in [0.2, 0.25) is 0 Å². The summed E-state index contributed by atoms with van der Waals surface area (Å²) in [4.78, 5) is 37.5. The predicted octanol–water partition coefficient (Wildman–Crippen LogP) is 3.73. The van der Waals surface area contributed by atoms with Crippen LogP contribution in [-0.2, 0) is 4.79 Å². The molecule has 0 fully saturated rings. The number of benzene rings is 1. The number of allylic oxidation sites excluding steroid dienone is 4. The zero-order valence-electron chi connectivity index (χ0n) is 13.1. The van der Waals surface area contributed by atoms with Gasteiger partial charge in [0, 0.05) is 16.6 Å². The normalized spacial score (nSPS) is 20.5. The number of rotatable bonds is 5. The van der Waals surface area contributed by atoms with E-state index in [0.717, 1.165) is 4.90 Å². The Bertz CT molecular complexity index is 815. The molecule has 1 heterocycles. The van der Waals surface area contributed by atoms with Gasteiger partial charge >= 0.3 is 5.97 Å². The number of hydrogen-bond acceptors (Lipinski definition) is 3. The van der Waals surface area contributed by atoms with E-state index >= 15 is 0 Å². The Morgan fingerprint density at radius 1 is 1.24 bits per heavy atom. The van der Waals surface area contributed by atoms with E-state index in [1.54, 1.807) is 12.1 Å². The van der Waals surface area contributed by atoms with E-state index in [9.17, 15) is 19.5 Å². The molecule has 0 saturated carbocycles. The molecule has 3 rings (SSSR count). The minimum absolute atomic E-state index is 0.0384. The quantitative estimate of drug-likeness (QED) is 0.790. The van der Waals surface area contributed by atoms with Crippen molar-refractivity contribution in [3.63, 3.8) is 0 Å². The maximum Gasteiger partial charge on any atom is 0.303 e. The highest BCUT2D eigenvalue weighted by Crippen LogP contribution is 2.32. The van der Waals surface area contributed by atoms with Crippen LogP contribution in [0.5, 0.6) is 0 Å². The number of imide groups is 1. The molecule has 0 bridgehead atoms. The molecule has 130 valence electrons. The van der Waals surface area contributed by atoms with E-state index < -0.39 is 23.7 Å². The number of carbonyl (C=O) groups excluding carboxylic acids is 2. The molecule has 2 atom stereocenters. The van der Waals surface area contributed by atoms with Crippen LogP contribution in [0.2, 0.25) is 5.02 Å². The van der Waals surface area contributed by atoms with Crippen LogP contribution in [0.3, 0.4) is 0 Å². The molecule has 2 aliphatic rings. The summed E-state index contributed by atoms with van der Waals surface area (Å²) in [7, 11) is 0. The summed E-state index contributed by atoms with van der Waals surface area (Å²) < 4.78 is 0. The van der Waals surface area contributed by atoms with Crippen molar-refractivity contribution in [2.45, 2.75) is 12.8 Å². The van der Waals surface area contributed by atoms with Gasteiger partial charge < -0.3 is 5.11 Å². The van der Waals surface area contributed by atoms with E-state index in [1.807, 2.05) is 12.2 Å². The number of hydrogen-bond donors (Lipinski definition) is 1. The van der Waals surface area contributed by atoms with Crippen LogP contribution in [0, 0.1) is 11.8 Å². The fraction of sp³-hybridized carbons (Fsp3) is 0.278. The number of fused-ring (bicyclic) bond motifs is 1. The molecule has 2 amide bonds.